The van der Waals surface area contributed by atoms with E-state index < -0.39 is 0 Å². The lowest BCUT2D eigenvalue weighted by molar-refractivity contribution is -0.130. The maximum atomic E-state index is 13.3. The quantitative estimate of drug-likeness (QED) is 0.702. The van der Waals surface area contributed by atoms with Gasteiger partial charge in [-0.15, -0.1) is 0 Å². The average Bonchev–Trinajstić information content (AvgIpc) is 3.20. The van der Waals surface area contributed by atoms with Crippen molar-refractivity contribution in [1.29, 1.82) is 0 Å². The number of rotatable bonds is 3. The molecule has 3 heterocycles. The summed E-state index contributed by atoms with van der Waals surface area (Å²) in [7, 11) is 0. The van der Waals surface area contributed by atoms with Crippen molar-refractivity contribution in [3.05, 3.63) is 59.0 Å². The second kappa shape index (κ2) is 7.19. The van der Waals surface area contributed by atoms with Crippen LogP contribution in [-0.4, -0.2) is 52.4 Å². The molecule has 1 aliphatic rings. The Morgan fingerprint density at radius 3 is 2.25 bits per heavy atom. The van der Waals surface area contributed by atoms with Crippen molar-refractivity contribution in [2.45, 2.75) is 27.3 Å². The first-order chi connectivity index (χ1) is 13.4. The molecular formula is C22H25N3O3. The van der Waals surface area contributed by atoms with E-state index in [-0.39, 0.29) is 11.8 Å². The fraction of sp³-hybridized carbons (Fsp3) is 0.364. The summed E-state index contributed by atoms with van der Waals surface area (Å²) >= 11 is 0. The zero-order valence-electron chi connectivity index (χ0n) is 16.6. The normalized spacial score (nSPS) is 14.7. The molecule has 0 bridgehead atoms. The van der Waals surface area contributed by atoms with E-state index >= 15 is 0 Å². The van der Waals surface area contributed by atoms with Crippen LogP contribution in [0.4, 0.5) is 0 Å². The van der Waals surface area contributed by atoms with Gasteiger partial charge >= 0.3 is 0 Å². The SMILES string of the molecule is CC(=O)N1CCN(C(=O)c2cc3oc(C)cc3n2Cc2ccc(C)cc2)CC1. The average molecular weight is 379 g/mol. The van der Waals surface area contributed by atoms with E-state index in [1.165, 1.54) is 5.56 Å². The second-order valence-corrected chi connectivity index (χ2v) is 7.51. The molecule has 2 amide bonds. The maximum absolute atomic E-state index is 13.3. The first kappa shape index (κ1) is 18.3. The number of aromatic nitrogens is 1. The van der Waals surface area contributed by atoms with Crippen LogP contribution in [0.1, 0.15) is 34.3 Å². The Kier molecular flexibility index (Phi) is 4.71. The third-order valence-corrected chi connectivity index (χ3v) is 5.41. The van der Waals surface area contributed by atoms with Crippen molar-refractivity contribution in [1.82, 2.24) is 14.4 Å². The van der Waals surface area contributed by atoms with Crippen molar-refractivity contribution >= 4 is 22.9 Å². The van der Waals surface area contributed by atoms with Gasteiger partial charge < -0.3 is 18.8 Å². The highest BCUT2D eigenvalue weighted by Crippen LogP contribution is 2.26. The Bertz CT molecular complexity index is 1020. The van der Waals surface area contributed by atoms with Gasteiger partial charge in [0.1, 0.15) is 11.5 Å². The first-order valence-electron chi connectivity index (χ1n) is 9.62. The van der Waals surface area contributed by atoms with Gasteiger partial charge in [-0.3, -0.25) is 9.59 Å². The van der Waals surface area contributed by atoms with Crippen LogP contribution in [0.3, 0.4) is 0 Å². The standard InChI is InChI=1S/C22H25N3O3/c1-15-4-6-18(7-5-15)14-25-19-12-16(2)28-21(19)13-20(25)22(27)24-10-8-23(9-11-24)17(3)26/h4-7,12-13H,8-11,14H2,1-3H3. The van der Waals surface area contributed by atoms with Crippen LogP contribution in [-0.2, 0) is 11.3 Å². The van der Waals surface area contributed by atoms with Crippen LogP contribution in [0.2, 0.25) is 0 Å². The molecule has 1 aliphatic heterocycles. The van der Waals surface area contributed by atoms with Gasteiger partial charge in [0.2, 0.25) is 5.91 Å². The summed E-state index contributed by atoms with van der Waals surface area (Å²) in [4.78, 5) is 28.4. The molecule has 2 aromatic heterocycles. The number of carbonyl (C=O) groups excluding carboxylic acids is 2. The minimum atomic E-state index is -0.0145. The fourth-order valence-corrected chi connectivity index (χ4v) is 3.78. The number of amides is 2. The van der Waals surface area contributed by atoms with Crippen molar-refractivity contribution in [2.24, 2.45) is 0 Å². The van der Waals surface area contributed by atoms with E-state index in [4.69, 9.17) is 4.42 Å². The molecule has 0 atom stereocenters. The molecule has 1 saturated heterocycles. The molecule has 1 fully saturated rings. The third-order valence-electron chi connectivity index (χ3n) is 5.41. The topological polar surface area (TPSA) is 58.7 Å². The van der Waals surface area contributed by atoms with E-state index in [0.29, 0.717) is 38.4 Å². The second-order valence-electron chi connectivity index (χ2n) is 7.51. The minimum Gasteiger partial charge on any atom is -0.460 e. The number of benzene rings is 1. The molecule has 0 N–H and O–H groups in total. The molecular weight excluding hydrogens is 354 g/mol. The lowest BCUT2D eigenvalue weighted by atomic mass is 10.1. The van der Waals surface area contributed by atoms with Gasteiger partial charge in [0.15, 0.2) is 5.58 Å². The molecule has 0 spiro atoms. The van der Waals surface area contributed by atoms with Gasteiger partial charge in [-0.1, -0.05) is 29.8 Å². The Morgan fingerprint density at radius 2 is 1.61 bits per heavy atom. The molecule has 4 rings (SSSR count). The van der Waals surface area contributed by atoms with Crippen molar-refractivity contribution in [3.63, 3.8) is 0 Å². The molecule has 0 saturated carbocycles. The number of hydrogen-bond acceptors (Lipinski definition) is 3. The monoisotopic (exact) mass is 379 g/mol. The third kappa shape index (κ3) is 3.42. The predicted octanol–water partition coefficient (Wildman–Crippen LogP) is 3.20. The predicted molar refractivity (Wildman–Crippen MR) is 107 cm³/mol. The van der Waals surface area contributed by atoms with Crippen LogP contribution < -0.4 is 0 Å². The Morgan fingerprint density at radius 1 is 0.964 bits per heavy atom. The van der Waals surface area contributed by atoms with Crippen molar-refractivity contribution in [3.8, 4) is 0 Å². The molecule has 0 aliphatic carbocycles. The van der Waals surface area contributed by atoms with E-state index in [9.17, 15) is 9.59 Å². The summed E-state index contributed by atoms with van der Waals surface area (Å²) in [6.45, 7) is 8.41. The molecule has 1 aromatic carbocycles. The van der Waals surface area contributed by atoms with Gasteiger partial charge in [-0.25, -0.2) is 0 Å². The summed E-state index contributed by atoms with van der Waals surface area (Å²) in [6.07, 6.45) is 0. The number of piperazine rings is 1. The highest BCUT2D eigenvalue weighted by molar-refractivity contribution is 5.98. The molecule has 0 radical (unpaired) electrons. The number of hydrogen-bond donors (Lipinski definition) is 0. The summed E-state index contributed by atoms with van der Waals surface area (Å²) in [5.41, 5.74) is 4.64. The van der Waals surface area contributed by atoms with Gasteiger partial charge in [0.25, 0.3) is 5.91 Å². The molecule has 6 heteroatoms. The van der Waals surface area contributed by atoms with Crippen molar-refractivity contribution in [2.75, 3.05) is 26.2 Å². The molecule has 6 nitrogen and oxygen atoms in total. The largest absolute Gasteiger partial charge is 0.460 e. The van der Waals surface area contributed by atoms with Crippen LogP contribution in [0, 0.1) is 13.8 Å². The van der Waals surface area contributed by atoms with E-state index in [1.54, 1.807) is 11.8 Å². The van der Waals surface area contributed by atoms with Crippen LogP contribution in [0.15, 0.2) is 40.8 Å². The highest BCUT2D eigenvalue weighted by Gasteiger charge is 2.27. The smallest absolute Gasteiger partial charge is 0.270 e. The lowest BCUT2D eigenvalue weighted by Gasteiger charge is -2.34. The molecule has 146 valence electrons. The zero-order chi connectivity index (χ0) is 19.8. The first-order valence-corrected chi connectivity index (χ1v) is 9.62. The number of nitrogens with zero attached hydrogens (tertiary/aromatic N) is 3. The fourth-order valence-electron chi connectivity index (χ4n) is 3.78. The van der Waals surface area contributed by atoms with Gasteiger partial charge in [0.05, 0.1) is 5.52 Å². The number of carbonyl (C=O) groups is 2. The Labute approximate surface area is 164 Å². The van der Waals surface area contributed by atoms with Gasteiger partial charge in [0, 0.05) is 51.8 Å². The lowest BCUT2D eigenvalue weighted by Crippen LogP contribution is -2.50. The van der Waals surface area contributed by atoms with Crippen LogP contribution in [0.25, 0.3) is 11.1 Å². The maximum Gasteiger partial charge on any atom is 0.270 e. The van der Waals surface area contributed by atoms with Gasteiger partial charge in [-0.05, 0) is 19.4 Å². The summed E-state index contributed by atoms with van der Waals surface area (Å²) in [5, 5.41) is 0. The summed E-state index contributed by atoms with van der Waals surface area (Å²) in [5.74, 6) is 0.874. The Hall–Kier alpha value is -3.02. The van der Waals surface area contributed by atoms with E-state index in [1.807, 2.05) is 28.5 Å². The van der Waals surface area contributed by atoms with E-state index in [0.717, 1.165) is 22.4 Å². The highest BCUT2D eigenvalue weighted by atomic mass is 16.3. The molecule has 28 heavy (non-hydrogen) atoms. The number of fused-ring (bicyclic) bond motifs is 1. The van der Waals surface area contributed by atoms with Crippen LogP contribution in [0.5, 0.6) is 0 Å². The number of aryl methyl sites for hydroxylation is 2. The summed E-state index contributed by atoms with van der Waals surface area (Å²) in [6, 6.07) is 12.2. The molecule has 0 unspecified atom stereocenters. The van der Waals surface area contributed by atoms with Gasteiger partial charge in [-0.2, -0.15) is 0 Å². The molecule has 3 aromatic rings. The zero-order valence-corrected chi connectivity index (χ0v) is 16.6. The van der Waals surface area contributed by atoms with Crippen LogP contribution >= 0.6 is 0 Å². The minimum absolute atomic E-state index is 0.0145. The Balaban J connectivity index is 1.64. The summed E-state index contributed by atoms with van der Waals surface area (Å²) < 4.78 is 7.83. The van der Waals surface area contributed by atoms with E-state index in [2.05, 4.69) is 31.2 Å². The van der Waals surface area contributed by atoms with Crippen molar-refractivity contribution < 1.29 is 14.0 Å². The number of furan rings is 1.